The van der Waals surface area contributed by atoms with Crippen molar-refractivity contribution in [3.8, 4) is 5.69 Å². The number of rotatable bonds is 8. The van der Waals surface area contributed by atoms with Gasteiger partial charge in [0.05, 0.1) is 11.3 Å². The first kappa shape index (κ1) is 23.6. The first-order valence-electron chi connectivity index (χ1n) is 10.5. The Morgan fingerprint density at radius 2 is 1.74 bits per heavy atom. The summed E-state index contributed by atoms with van der Waals surface area (Å²) in [6.45, 7) is 0. The molecule has 1 aromatic heterocycles. The maximum atomic E-state index is 13.3. The van der Waals surface area contributed by atoms with E-state index < -0.39 is 23.8 Å². The highest BCUT2D eigenvalue weighted by molar-refractivity contribution is 6.31. The predicted octanol–water partition coefficient (Wildman–Crippen LogP) is 2.39. The molecule has 3 amide bonds. The minimum Gasteiger partial charge on any atom is -0.366 e. The number of benzene rings is 3. The summed E-state index contributed by atoms with van der Waals surface area (Å²) in [6.07, 6.45) is 1.59. The van der Waals surface area contributed by atoms with E-state index in [4.69, 9.17) is 17.3 Å². The topological polar surface area (TPSA) is 145 Å². The van der Waals surface area contributed by atoms with Crippen molar-refractivity contribution in [2.24, 2.45) is 5.73 Å². The average molecular weight is 490 g/mol. The third kappa shape index (κ3) is 5.87. The number of nitrogens with zero attached hydrogens (tertiary/aromatic N) is 4. The lowest BCUT2D eigenvalue weighted by molar-refractivity contribution is -0.118. The quantitative estimate of drug-likeness (QED) is 0.346. The molecular weight excluding hydrogens is 470 g/mol. The number of aromatic nitrogens is 4. The monoisotopic (exact) mass is 489 g/mol. The molecule has 176 valence electrons. The zero-order chi connectivity index (χ0) is 24.8. The van der Waals surface area contributed by atoms with Gasteiger partial charge in [0, 0.05) is 22.7 Å². The van der Waals surface area contributed by atoms with Gasteiger partial charge in [0.15, 0.2) is 0 Å². The van der Waals surface area contributed by atoms with Gasteiger partial charge < -0.3 is 16.4 Å². The van der Waals surface area contributed by atoms with Crippen LogP contribution >= 0.6 is 11.6 Å². The molecule has 0 spiro atoms. The molecule has 11 heteroatoms. The second-order valence-corrected chi connectivity index (χ2v) is 8.00. The third-order valence-electron chi connectivity index (χ3n) is 5.14. The van der Waals surface area contributed by atoms with Crippen LogP contribution in [-0.4, -0.2) is 44.0 Å². The summed E-state index contributed by atoms with van der Waals surface area (Å²) in [7, 11) is 0. The molecule has 0 radical (unpaired) electrons. The van der Waals surface area contributed by atoms with Crippen molar-refractivity contribution in [2.75, 3.05) is 5.32 Å². The molecule has 1 atom stereocenters. The van der Waals surface area contributed by atoms with Gasteiger partial charge in [-0.25, -0.2) is 0 Å². The van der Waals surface area contributed by atoms with E-state index in [9.17, 15) is 14.4 Å². The summed E-state index contributed by atoms with van der Waals surface area (Å²) in [6, 6.07) is 19.2. The Morgan fingerprint density at radius 3 is 2.40 bits per heavy atom. The van der Waals surface area contributed by atoms with Crippen molar-refractivity contribution in [1.82, 2.24) is 25.5 Å². The Labute approximate surface area is 205 Å². The molecule has 1 heterocycles. The maximum absolute atomic E-state index is 13.3. The Balaban J connectivity index is 1.60. The van der Waals surface area contributed by atoms with Crippen molar-refractivity contribution in [2.45, 2.75) is 12.5 Å². The van der Waals surface area contributed by atoms with Crippen LogP contribution < -0.4 is 16.4 Å². The van der Waals surface area contributed by atoms with Gasteiger partial charge in [-0.1, -0.05) is 41.9 Å². The van der Waals surface area contributed by atoms with Crippen LogP contribution in [0.1, 0.15) is 26.3 Å². The van der Waals surface area contributed by atoms with Crippen LogP contribution in [0.5, 0.6) is 0 Å². The van der Waals surface area contributed by atoms with Gasteiger partial charge in [-0.3, -0.25) is 14.4 Å². The highest BCUT2D eigenvalue weighted by Crippen LogP contribution is 2.20. The summed E-state index contributed by atoms with van der Waals surface area (Å²) in [5.41, 5.74) is 7.48. The van der Waals surface area contributed by atoms with E-state index in [1.807, 2.05) is 30.3 Å². The van der Waals surface area contributed by atoms with Crippen molar-refractivity contribution in [3.05, 3.63) is 101 Å². The van der Waals surface area contributed by atoms with Crippen molar-refractivity contribution < 1.29 is 14.4 Å². The highest BCUT2D eigenvalue weighted by atomic mass is 35.5. The molecule has 3 aromatic carbocycles. The number of hydrogen-bond donors (Lipinski definition) is 3. The number of amides is 3. The van der Waals surface area contributed by atoms with E-state index in [1.165, 1.54) is 29.2 Å². The fourth-order valence-corrected chi connectivity index (χ4v) is 3.58. The fraction of sp³-hybridized carbons (Fsp3) is 0.0833. The number of hydrogen-bond acceptors (Lipinski definition) is 6. The zero-order valence-corrected chi connectivity index (χ0v) is 19.0. The van der Waals surface area contributed by atoms with Crippen LogP contribution in [0.2, 0.25) is 5.02 Å². The lowest BCUT2D eigenvalue weighted by atomic mass is 10.0. The van der Waals surface area contributed by atoms with Gasteiger partial charge in [-0.05, 0) is 58.5 Å². The molecular formula is C24H20ClN7O3. The highest BCUT2D eigenvalue weighted by Gasteiger charge is 2.24. The minimum absolute atomic E-state index is 0.196. The molecule has 0 unspecified atom stereocenters. The molecule has 0 saturated heterocycles. The predicted molar refractivity (Wildman–Crippen MR) is 129 cm³/mol. The number of carbonyl (C=O) groups excluding carboxylic acids is 3. The molecule has 0 aliphatic carbocycles. The molecule has 0 aliphatic heterocycles. The molecule has 0 bridgehead atoms. The van der Waals surface area contributed by atoms with Gasteiger partial charge in [0.1, 0.15) is 12.4 Å². The first-order valence-corrected chi connectivity index (χ1v) is 10.9. The molecule has 4 aromatic rings. The molecule has 35 heavy (non-hydrogen) atoms. The van der Waals surface area contributed by atoms with Crippen LogP contribution in [0.3, 0.4) is 0 Å². The molecule has 0 aliphatic rings. The van der Waals surface area contributed by atoms with E-state index in [0.29, 0.717) is 22.0 Å². The molecule has 10 nitrogen and oxygen atoms in total. The van der Waals surface area contributed by atoms with Gasteiger partial charge in [0.25, 0.3) is 5.91 Å². The van der Waals surface area contributed by atoms with Crippen LogP contribution in [-0.2, 0) is 11.2 Å². The standard InChI is InChI=1S/C24H20ClN7O3/c25-17-8-11-21(32-14-27-30-31-32)19(13-17)23(34)29-20(12-15-4-2-1-3-5-15)24(35)28-18-9-6-16(7-10-18)22(26)33/h1-11,13-14,20H,12H2,(H2,26,33)(H,28,35)(H,29,34)/t20-/m0/s1. The lowest BCUT2D eigenvalue weighted by Crippen LogP contribution is -2.45. The third-order valence-corrected chi connectivity index (χ3v) is 5.38. The van der Waals surface area contributed by atoms with Crippen LogP contribution in [0.25, 0.3) is 5.69 Å². The van der Waals surface area contributed by atoms with E-state index in [0.717, 1.165) is 5.56 Å². The summed E-state index contributed by atoms with van der Waals surface area (Å²) >= 11 is 6.14. The summed E-state index contributed by atoms with van der Waals surface area (Å²) in [5, 5.41) is 16.9. The number of primary amides is 1. The number of tetrazole rings is 1. The van der Waals surface area contributed by atoms with Crippen molar-refractivity contribution >= 4 is 35.0 Å². The van der Waals surface area contributed by atoms with Gasteiger partial charge >= 0.3 is 0 Å². The second kappa shape index (κ2) is 10.6. The maximum Gasteiger partial charge on any atom is 0.254 e. The number of halogens is 1. The van der Waals surface area contributed by atoms with E-state index in [1.54, 1.807) is 24.3 Å². The number of carbonyl (C=O) groups is 3. The Hall–Kier alpha value is -4.57. The molecule has 0 fully saturated rings. The van der Waals surface area contributed by atoms with E-state index in [-0.39, 0.29) is 12.0 Å². The Kier molecular flexibility index (Phi) is 7.12. The SMILES string of the molecule is NC(=O)c1ccc(NC(=O)[C@H](Cc2ccccc2)NC(=O)c2cc(Cl)ccc2-n2cnnn2)cc1. The smallest absolute Gasteiger partial charge is 0.254 e. The molecule has 4 rings (SSSR count). The normalized spacial score (nSPS) is 11.5. The fourth-order valence-electron chi connectivity index (χ4n) is 3.40. The summed E-state index contributed by atoms with van der Waals surface area (Å²) in [4.78, 5) is 37.8. The minimum atomic E-state index is -0.929. The lowest BCUT2D eigenvalue weighted by Gasteiger charge is -2.20. The zero-order valence-electron chi connectivity index (χ0n) is 18.3. The first-order chi connectivity index (χ1) is 16.9. The Morgan fingerprint density at radius 1 is 1.00 bits per heavy atom. The van der Waals surface area contributed by atoms with Gasteiger partial charge in [-0.15, -0.1) is 5.10 Å². The summed E-state index contributed by atoms with van der Waals surface area (Å²) < 4.78 is 1.33. The average Bonchev–Trinajstić information content (AvgIpc) is 3.39. The molecule has 4 N–H and O–H groups in total. The number of nitrogens with two attached hydrogens (primary N) is 1. The van der Waals surface area contributed by atoms with E-state index in [2.05, 4.69) is 26.2 Å². The van der Waals surface area contributed by atoms with Crippen molar-refractivity contribution in [1.29, 1.82) is 0 Å². The van der Waals surface area contributed by atoms with Crippen molar-refractivity contribution in [3.63, 3.8) is 0 Å². The summed E-state index contributed by atoms with van der Waals surface area (Å²) in [5.74, 6) is -1.55. The van der Waals surface area contributed by atoms with Crippen LogP contribution in [0, 0.1) is 0 Å². The Bertz CT molecular complexity index is 1340. The van der Waals surface area contributed by atoms with Gasteiger partial charge in [-0.2, -0.15) is 4.68 Å². The van der Waals surface area contributed by atoms with Crippen LogP contribution in [0.15, 0.2) is 79.1 Å². The van der Waals surface area contributed by atoms with Gasteiger partial charge in [0.2, 0.25) is 11.8 Å². The van der Waals surface area contributed by atoms with Crippen LogP contribution in [0.4, 0.5) is 5.69 Å². The number of nitrogens with one attached hydrogen (secondary N) is 2. The number of anilines is 1. The second-order valence-electron chi connectivity index (χ2n) is 7.56. The molecule has 0 saturated carbocycles. The largest absolute Gasteiger partial charge is 0.366 e. The van der Waals surface area contributed by atoms with E-state index >= 15 is 0 Å².